The van der Waals surface area contributed by atoms with E-state index < -0.39 is 5.91 Å². The topological polar surface area (TPSA) is 104 Å². The third kappa shape index (κ3) is 6.27. The molecule has 0 aliphatic carbocycles. The highest BCUT2D eigenvalue weighted by Crippen LogP contribution is 2.18. The molecule has 0 saturated heterocycles. The van der Waals surface area contributed by atoms with Gasteiger partial charge in [-0.2, -0.15) is 10.4 Å². The van der Waals surface area contributed by atoms with Crippen molar-refractivity contribution in [3.8, 4) is 11.8 Å². The Hall–Kier alpha value is -4.44. The number of nitrogens with zero attached hydrogens (tertiary/aromatic N) is 2. The minimum absolute atomic E-state index is 0.215. The van der Waals surface area contributed by atoms with Crippen molar-refractivity contribution < 1.29 is 14.3 Å². The number of para-hydroxylation sites is 1. The normalized spacial score (nSPS) is 10.3. The number of hydrogen-bond acceptors (Lipinski definition) is 5. The zero-order valence-corrected chi connectivity index (χ0v) is 16.8. The quantitative estimate of drug-likeness (QED) is 0.454. The molecular formula is C24H20N4O3. The summed E-state index contributed by atoms with van der Waals surface area (Å²) in [5.74, 6) is -0.00913. The average Bonchev–Trinajstić information content (AvgIpc) is 2.78. The fraction of sp³-hybridized carbons (Fsp3) is 0.0833. The van der Waals surface area contributed by atoms with E-state index in [2.05, 4.69) is 21.9 Å². The van der Waals surface area contributed by atoms with Gasteiger partial charge in [0.2, 0.25) is 5.91 Å². The maximum absolute atomic E-state index is 12.3. The van der Waals surface area contributed by atoms with Crippen LogP contribution in [0.25, 0.3) is 0 Å². The predicted molar refractivity (Wildman–Crippen MR) is 118 cm³/mol. The largest absolute Gasteiger partial charge is 0.488 e. The lowest BCUT2D eigenvalue weighted by Crippen LogP contribution is -2.18. The molecular weight excluding hydrogens is 392 g/mol. The first-order chi connectivity index (χ1) is 15.0. The third-order valence-corrected chi connectivity index (χ3v) is 4.21. The number of ether oxygens (including phenoxy) is 1. The van der Waals surface area contributed by atoms with Gasteiger partial charge in [-0.15, -0.1) is 0 Å². The SMILES string of the molecule is CC(=O)Nc1cccc(C(=O)NN=Cc2ccccc2OCc2ccc(C#N)cc2)c1. The van der Waals surface area contributed by atoms with Gasteiger partial charge in [0, 0.05) is 23.7 Å². The highest BCUT2D eigenvalue weighted by atomic mass is 16.5. The smallest absolute Gasteiger partial charge is 0.271 e. The number of amides is 2. The van der Waals surface area contributed by atoms with Crippen LogP contribution in [0.2, 0.25) is 0 Å². The fourth-order valence-electron chi connectivity index (χ4n) is 2.72. The Bertz CT molecular complexity index is 1150. The Morgan fingerprint density at radius 1 is 1.06 bits per heavy atom. The summed E-state index contributed by atoms with van der Waals surface area (Å²) in [7, 11) is 0. The summed E-state index contributed by atoms with van der Waals surface area (Å²) in [6, 6.07) is 23.1. The first-order valence-electron chi connectivity index (χ1n) is 9.47. The van der Waals surface area contributed by atoms with E-state index in [0.29, 0.717) is 34.7 Å². The van der Waals surface area contributed by atoms with Gasteiger partial charge >= 0.3 is 0 Å². The Labute approximate surface area is 180 Å². The summed E-state index contributed by atoms with van der Waals surface area (Å²) in [4.78, 5) is 23.5. The number of hydrogen-bond donors (Lipinski definition) is 2. The van der Waals surface area contributed by atoms with E-state index in [0.717, 1.165) is 5.56 Å². The second-order valence-corrected chi connectivity index (χ2v) is 6.60. The van der Waals surface area contributed by atoms with Crippen molar-refractivity contribution in [2.45, 2.75) is 13.5 Å². The lowest BCUT2D eigenvalue weighted by molar-refractivity contribution is -0.114. The minimum Gasteiger partial charge on any atom is -0.488 e. The molecule has 31 heavy (non-hydrogen) atoms. The van der Waals surface area contributed by atoms with Crippen LogP contribution in [0, 0.1) is 11.3 Å². The number of carbonyl (C=O) groups excluding carboxylic acids is 2. The summed E-state index contributed by atoms with van der Waals surface area (Å²) >= 11 is 0. The summed E-state index contributed by atoms with van der Waals surface area (Å²) in [6.07, 6.45) is 1.50. The van der Waals surface area contributed by atoms with Crippen molar-refractivity contribution >= 4 is 23.7 Å². The van der Waals surface area contributed by atoms with Crippen LogP contribution in [-0.2, 0) is 11.4 Å². The lowest BCUT2D eigenvalue weighted by Gasteiger charge is -2.09. The van der Waals surface area contributed by atoms with E-state index in [1.165, 1.54) is 13.1 Å². The molecule has 3 aromatic carbocycles. The Kier molecular flexibility index (Phi) is 7.12. The van der Waals surface area contributed by atoms with Crippen LogP contribution >= 0.6 is 0 Å². The third-order valence-electron chi connectivity index (χ3n) is 4.21. The Balaban J connectivity index is 1.62. The van der Waals surface area contributed by atoms with E-state index in [-0.39, 0.29) is 5.91 Å². The fourth-order valence-corrected chi connectivity index (χ4v) is 2.72. The Morgan fingerprint density at radius 3 is 2.58 bits per heavy atom. The molecule has 0 saturated carbocycles. The minimum atomic E-state index is -0.403. The van der Waals surface area contributed by atoms with Gasteiger partial charge < -0.3 is 10.1 Å². The molecule has 7 heteroatoms. The van der Waals surface area contributed by atoms with Crippen LogP contribution in [0.5, 0.6) is 5.75 Å². The molecule has 2 amide bonds. The molecule has 7 nitrogen and oxygen atoms in total. The summed E-state index contributed by atoms with van der Waals surface area (Å²) in [6.45, 7) is 1.73. The van der Waals surface area contributed by atoms with Crippen LogP contribution < -0.4 is 15.5 Å². The summed E-state index contributed by atoms with van der Waals surface area (Å²) in [5.41, 5.74) is 5.59. The maximum Gasteiger partial charge on any atom is 0.271 e. The van der Waals surface area contributed by atoms with Crippen molar-refractivity contribution in [1.82, 2.24) is 5.43 Å². The van der Waals surface area contributed by atoms with Crippen molar-refractivity contribution in [3.05, 3.63) is 95.1 Å². The van der Waals surface area contributed by atoms with Crippen LogP contribution in [0.3, 0.4) is 0 Å². The second kappa shape index (κ2) is 10.4. The van der Waals surface area contributed by atoms with Crippen molar-refractivity contribution in [1.29, 1.82) is 5.26 Å². The molecule has 0 bridgehead atoms. The van der Waals surface area contributed by atoms with E-state index in [1.807, 2.05) is 36.4 Å². The van der Waals surface area contributed by atoms with Gasteiger partial charge in [-0.05, 0) is 48.0 Å². The van der Waals surface area contributed by atoms with E-state index >= 15 is 0 Å². The van der Waals surface area contributed by atoms with Gasteiger partial charge in [-0.1, -0.05) is 30.3 Å². The zero-order valence-electron chi connectivity index (χ0n) is 16.8. The molecule has 0 spiro atoms. The molecule has 154 valence electrons. The number of benzene rings is 3. The molecule has 2 N–H and O–H groups in total. The average molecular weight is 412 g/mol. The molecule has 0 unspecified atom stereocenters. The van der Waals surface area contributed by atoms with Gasteiger partial charge in [0.1, 0.15) is 12.4 Å². The van der Waals surface area contributed by atoms with E-state index in [9.17, 15) is 9.59 Å². The molecule has 0 atom stereocenters. The zero-order chi connectivity index (χ0) is 22.1. The number of anilines is 1. The summed E-state index contributed by atoms with van der Waals surface area (Å²) in [5, 5.41) is 15.5. The predicted octanol–water partition coefficient (Wildman–Crippen LogP) is 3.86. The molecule has 3 aromatic rings. The summed E-state index contributed by atoms with van der Waals surface area (Å²) < 4.78 is 5.86. The maximum atomic E-state index is 12.3. The standard InChI is InChI=1S/C24H20N4O3/c1-17(29)27-22-7-4-6-20(13-22)24(30)28-26-15-21-5-2-3-8-23(21)31-16-19-11-9-18(14-25)10-12-19/h2-13,15H,16H2,1H3,(H,27,29)(H,28,30). The second-order valence-electron chi connectivity index (χ2n) is 6.60. The lowest BCUT2D eigenvalue weighted by atomic mass is 10.1. The molecule has 0 heterocycles. The number of rotatable bonds is 7. The van der Waals surface area contributed by atoms with E-state index in [4.69, 9.17) is 10.00 Å². The van der Waals surface area contributed by atoms with Gasteiger partial charge in [0.25, 0.3) is 5.91 Å². The highest BCUT2D eigenvalue weighted by Gasteiger charge is 2.06. The monoisotopic (exact) mass is 412 g/mol. The molecule has 0 aliphatic rings. The van der Waals surface area contributed by atoms with Crippen molar-refractivity contribution in [3.63, 3.8) is 0 Å². The van der Waals surface area contributed by atoms with Crippen molar-refractivity contribution in [2.24, 2.45) is 5.10 Å². The Morgan fingerprint density at radius 2 is 1.84 bits per heavy atom. The first kappa shape index (κ1) is 21.3. The number of carbonyl (C=O) groups is 2. The highest BCUT2D eigenvalue weighted by molar-refractivity contribution is 5.97. The number of hydrazone groups is 1. The van der Waals surface area contributed by atoms with Crippen LogP contribution in [0.1, 0.15) is 34.0 Å². The van der Waals surface area contributed by atoms with Crippen LogP contribution in [0.15, 0.2) is 77.9 Å². The van der Waals surface area contributed by atoms with Gasteiger partial charge in [0.15, 0.2) is 0 Å². The molecule has 0 aromatic heterocycles. The van der Waals surface area contributed by atoms with Crippen LogP contribution in [0.4, 0.5) is 5.69 Å². The number of nitrogens with one attached hydrogen (secondary N) is 2. The molecule has 0 aliphatic heterocycles. The van der Waals surface area contributed by atoms with Gasteiger partial charge in [-0.3, -0.25) is 9.59 Å². The van der Waals surface area contributed by atoms with Gasteiger partial charge in [0.05, 0.1) is 17.8 Å². The molecule has 0 radical (unpaired) electrons. The van der Waals surface area contributed by atoms with Gasteiger partial charge in [-0.25, -0.2) is 5.43 Å². The first-order valence-corrected chi connectivity index (χ1v) is 9.47. The van der Waals surface area contributed by atoms with E-state index in [1.54, 1.807) is 36.4 Å². The number of nitriles is 1. The van der Waals surface area contributed by atoms with Crippen LogP contribution in [-0.4, -0.2) is 18.0 Å². The molecule has 0 fully saturated rings. The van der Waals surface area contributed by atoms with Crippen molar-refractivity contribution in [2.75, 3.05) is 5.32 Å². The molecule has 3 rings (SSSR count).